The standard InChI is InChI=1S/C24H27NO6/c26-20(27)3-5-25-21(28)18-2-1-17(10-19(18)22(25)29)23(30)31-6-4-24-11-14-7-15(12-24)9-16(8-14)13-24/h1-2,10,14-16H,3-9,11-13H2,(H,26,27). The first-order chi connectivity index (χ1) is 14.8. The van der Waals surface area contributed by atoms with Crippen molar-refractivity contribution in [3.63, 3.8) is 0 Å². The summed E-state index contributed by atoms with van der Waals surface area (Å²) in [4.78, 5) is 49.2. The molecule has 0 aromatic heterocycles. The van der Waals surface area contributed by atoms with Crippen LogP contribution in [0.15, 0.2) is 18.2 Å². The molecule has 1 N–H and O–H groups in total. The van der Waals surface area contributed by atoms with Gasteiger partial charge in [0, 0.05) is 6.54 Å². The molecule has 1 aromatic rings. The number of hydrogen-bond acceptors (Lipinski definition) is 5. The average molecular weight is 425 g/mol. The van der Waals surface area contributed by atoms with Crippen molar-refractivity contribution in [2.75, 3.05) is 13.2 Å². The molecule has 164 valence electrons. The van der Waals surface area contributed by atoms with Crippen molar-refractivity contribution in [2.24, 2.45) is 23.2 Å². The Kier molecular flexibility index (Phi) is 4.87. The molecule has 2 amide bonds. The van der Waals surface area contributed by atoms with E-state index >= 15 is 0 Å². The summed E-state index contributed by atoms with van der Waals surface area (Å²) in [5.41, 5.74) is 0.900. The second kappa shape index (κ2) is 7.46. The van der Waals surface area contributed by atoms with Crippen molar-refractivity contribution in [3.05, 3.63) is 34.9 Å². The van der Waals surface area contributed by atoms with E-state index < -0.39 is 23.8 Å². The number of hydrogen-bond donors (Lipinski definition) is 1. The molecule has 1 aromatic carbocycles. The molecule has 0 saturated heterocycles. The molecule has 0 atom stereocenters. The third-order valence-corrected chi connectivity index (χ3v) is 7.79. The smallest absolute Gasteiger partial charge is 0.338 e. The van der Waals surface area contributed by atoms with Crippen LogP contribution in [-0.2, 0) is 9.53 Å². The number of benzene rings is 1. The maximum atomic E-state index is 12.6. The quantitative estimate of drug-likeness (QED) is 0.530. The number of aliphatic carboxylic acids is 1. The summed E-state index contributed by atoms with van der Waals surface area (Å²) < 4.78 is 5.57. The van der Waals surface area contributed by atoms with Gasteiger partial charge in [-0.2, -0.15) is 0 Å². The molecule has 1 aliphatic heterocycles. The number of fused-ring (bicyclic) bond motifs is 1. The largest absolute Gasteiger partial charge is 0.481 e. The highest BCUT2D eigenvalue weighted by Gasteiger charge is 2.50. The molecule has 4 saturated carbocycles. The van der Waals surface area contributed by atoms with Gasteiger partial charge in [-0.3, -0.25) is 19.3 Å². The summed E-state index contributed by atoms with van der Waals surface area (Å²) in [7, 11) is 0. The van der Waals surface area contributed by atoms with Crippen LogP contribution in [0.25, 0.3) is 0 Å². The van der Waals surface area contributed by atoms with E-state index in [0.717, 1.165) is 29.1 Å². The lowest BCUT2D eigenvalue weighted by Gasteiger charge is -2.57. The minimum Gasteiger partial charge on any atom is -0.481 e. The highest BCUT2D eigenvalue weighted by Crippen LogP contribution is 2.61. The fourth-order valence-corrected chi connectivity index (χ4v) is 6.87. The van der Waals surface area contributed by atoms with Gasteiger partial charge in [0.2, 0.25) is 0 Å². The molecule has 4 bridgehead atoms. The molecule has 0 radical (unpaired) electrons. The van der Waals surface area contributed by atoms with Gasteiger partial charge in [-0.25, -0.2) is 4.79 Å². The predicted octanol–water partition coefficient (Wildman–Crippen LogP) is 3.52. The van der Waals surface area contributed by atoms with Crippen molar-refractivity contribution in [1.29, 1.82) is 0 Å². The first-order valence-corrected chi connectivity index (χ1v) is 11.2. The second-order valence-electron chi connectivity index (χ2n) is 9.97. The van der Waals surface area contributed by atoms with Crippen LogP contribution in [0.5, 0.6) is 0 Å². The van der Waals surface area contributed by atoms with E-state index in [-0.39, 0.29) is 29.7 Å². The Hall–Kier alpha value is -2.70. The summed E-state index contributed by atoms with van der Waals surface area (Å²) in [6, 6.07) is 4.34. The Morgan fingerprint density at radius 1 is 1.00 bits per heavy atom. The maximum Gasteiger partial charge on any atom is 0.338 e. The van der Waals surface area contributed by atoms with E-state index in [9.17, 15) is 19.2 Å². The summed E-state index contributed by atoms with van der Waals surface area (Å²) in [5.74, 6) is -0.104. The van der Waals surface area contributed by atoms with Gasteiger partial charge in [-0.15, -0.1) is 0 Å². The zero-order valence-electron chi connectivity index (χ0n) is 17.5. The highest BCUT2D eigenvalue weighted by atomic mass is 16.5. The second-order valence-corrected chi connectivity index (χ2v) is 9.97. The lowest BCUT2D eigenvalue weighted by atomic mass is 9.49. The fraction of sp³-hybridized carbons (Fsp3) is 0.583. The third-order valence-electron chi connectivity index (χ3n) is 7.79. The van der Waals surface area contributed by atoms with Crippen LogP contribution < -0.4 is 0 Å². The van der Waals surface area contributed by atoms with Crippen molar-refractivity contribution >= 4 is 23.8 Å². The maximum absolute atomic E-state index is 12.6. The van der Waals surface area contributed by atoms with Crippen LogP contribution in [-0.4, -0.2) is 46.9 Å². The molecular formula is C24H27NO6. The molecular weight excluding hydrogens is 398 g/mol. The number of carboxylic acid groups (broad SMARTS) is 1. The number of carbonyl (C=O) groups excluding carboxylic acids is 3. The average Bonchev–Trinajstić information content (AvgIpc) is 2.94. The third kappa shape index (κ3) is 3.64. The molecule has 31 heavy (non-hydrogen) atoms. The van der Waals surface area contributed by atoms with Gasteiger partial charge in [0.1, 0.15) is 0 Å². The molecule has 1 heterocycles. The minimum atomic E-state index is -1.08. The Labute approximate surface area is 180 Å². The van der Waals surface area contributed by atoms with Crippen LogP contribution in [0, 0.1) is 23.2 Å². The van der Waals surface area contributed by atoms with Gasteiger partial charge in [-0.05, 0) is 86.3 Å². The fourth-order valence-electron chi connectivity index (χ4n) is 6.87. The minimum absolute atomic E-state index is 0.130. The van der Waals surface area contributed by atoms with Crippen LogP contribution in [0.3, 0.4) is 0 Å². The van der Waals surface area contributed by atoms with Crippen molar-refractivity contribution in [3.8, 4) is 0 Å². The van der Waals surface area contributed by atoms with Crippen molar-refractivity contribution in [1.82, 2.24) is 4.90 Å². The molecule has 7 heteroatoms. The number of amides is 2. The number of carboxylic acids is 1. The summed E-state index contributed by atoms with van der Waals surface area (Å²) in [6.07, 6.45) is 8.51. The first-order valence-electron chi connectivity index (χ1n) is 11.2. The van der Waals surface area contributed by atoms with Crippen molar-refractivity contribution < 1.29 is 29.0 Å². The van der Waals surface area contributed by atoms with Gasteiger partial charge in [-0.1, -0.05) is 0 Å². The van der Waals surface area contributed by atoms with E-state index in [1.165, 1.54) is 56.7 Å². The van der Waals surface area contributed by atoms with Crippen LogP contribution in [0.4, 0.5) is 0 Å². The van der Waals surface area contributed by atoms with Gasteiger partial charge in [0.15, 0.2) is 0 Å². The lowest BCUT2D eigenvalue weighted by Crippen LogP contribution is -2.46. The van der Waals surface area contributed by atoms with Crippen molar-refractivity contribution in [2.45, 2.75) is 51.4 Å². The monoisotopic (exact) mass is 425 g/mol. The number of rotatable bonds is 7. The predicted molar refractivity (Wildman–Crippen MR) is 110 cm³/mol. The number of imide groups is 1. The van der Waals surface area contributed by atoms with Gasteiger partial charge in [0.25, 0.3) is 11.8 Å². The Morgan fingerprint density at radius 3 is 2.23 bits per heavy atom. The summed E-state index contributed by atoms with van der Waals surface area (Å²) in [5, 5.41) is 8.82. The van der Waals surface area contributed by atoms with E-state index in [2.05, 4.69) is 0 Å². The van der Waals surface area contributed by atoms with Gasteiger partial charge < -0.3 is 9.84 Å². The van der Waals surface area contributed by atoms with E-state index in [0.29, 0.717) is 12.0 Å². The normalized spacial score (nSPS) is 30.6. The van der Waals surface area contributed by atoms with E-state index in [4.69, 9.17) is 9.84 Å². The number of carbonyl (C=O) groups is 4. The summed E-state index contributed by atoms with van der Waals surface area (Å²) >= 11 is 0. The Bertz CT molecular complexity index is 932. The number of esters is 1. The SMILES string of the molecule is O=C(O)CCN1C(=O)c2ccc(C(=O)OCCC34CC5CC(CC(C5)C3)C4)cc2C1=O. The van der Waals surface area contributed by atoms with Crippen LogP contribution >= 0.6 is 0 Å². The zero-order chi connectivity index (χ0) is 21.8. The molecule has 0 spiro atoms. The van der Waals surface area contributed by atoms with Crippen LogP contribution in [0.1, 0.15) is 82.4 Å². The highest BCUT2D eigenvalue weighted by molar-refractivity contribution is 6.22. The molecule has 4 aliphatic carbocycles. The van der Waals surface area contributed by atoms with Gasteiger partial charge in [0.05, 0.1) is 29.7 Å². The topological polar surface area (TPSA) is 101 Å². The van der Waals surface area contributed by atoms with Crippen LogP contribution in [0.2, 0.25) is 0 Å². The molecule has 4 fully saturated rings. The zero-order valence-corrected chi connectivity index (χ0v) is 17.5. The number of ether oxygens (including phenoxy) is 1. The first kappa shape index (κ1) is 20.2. The molecule has 6 rings (SSSR count). The Morgan fingerprint density at radius 2 is 1.61 bits per heavy atom. The molecule has 5 aliphatic rings. The molecule has 7 nitrogen and oxygen atoms in total. The van der Waals surface area contributed by atoms with E-state index in [1.807, 2.05) is 0 Å². The van der Waals surface area contributed by atoms with E-state index in [1.54, 1.807) is 0 Å². The molecule has 0 unspecified atom stereocenters. The number of nitrogens with zero attached hydrogens (tertiary/aromatic N) is 1. The Balaban J connectivity index is 1.21. The summed E-state index contributed by atoms with van der Waals surface area (Å²) in [6.45, 7) is 0.187. The van der Waals surface area contributed by atoms with Gasteiger partial charge >= 0.3 is 11.9 Å². The lowest BCUT2D eigenvalue weighted by molar-refractivity contribution is -0.137.